The molecule has 0 saturated carbocycles. The van der Waals surface area contributed by atoms with Gasteiger partial charge in [0, 0.05) is 30.4 Å². The topological polar surface area (TPSA) is 67.2 Å². The first-order chi connectivity index (χ1) is 13.9. The molecule has 1 unspecified atom stereocenters. The summed E-state index contributed by atoms with van der Waals surface area (Å²) in [7, 11) is 0. The van der Waals surface area contributed by atoms with Gasteiger partial charge in [0.2, 0.25) is 0 Å². The molecule has 0 amide bonds. The van der Waals surface area contributed by atoms with Crippen LogP contribution in [0.2, 0.25) is 0 Å². The lowest BCUT2D eigenvalue weighted by Gasteiger charge is -2.15. The Balaban J connectivity index is 1.83. The van der Waals surface area contributed by atoms with Crippen LogP contribution in [0, 0.1) is 17.7 Å². The molecule has 0 aliphatic rings. The van der Waals surface area contributed by atoms with Crippen molar-refractivity contribution >= 4 is 5.97 Å². The Kier molecular flexibility index (Phi) is 6.77. The number of carboxylic acids is 1. The van der Waals surface area contributed by atoms with E-state index in [0.717, 1.165) is 22.5 Å². The highest BCUT2D eigenvalue weighted by Crippen LogP contribution is 2.24. The molecule has 0 aliphatic carbocycles. The molecule has 29 heavy (non-hydrogen) atoms. The van der Waals surface area contributed by atoms with Crippen molar-refractivity contribution in [2.45, 2.75) is 26.8 Å². The minimum absolute atomic E-state index is 0.297. The standard InChI is InChI=1S/C23H26FN3O2/c1-16(2)12-18(23(28)29)13-25-14-19-15-27(21-6-4-3-5-7-21)26-22(19)17-8-10-20(24)11-9-17/h3-11,15-16,18,25H,12-14H2,1-2H3,(H,28,29). The van der Waals surface area contributed by atoms with Gasteiger partial charge in [0.25, 0.3) is 0 Å². The van der Waals surface area contributed by atoms with E-state index in [4.69, 9.17) is 5.10 Å². The Morgan fingerprint density at radius 3 is 2.45 bits per heavy atom. The van der Waals surface area contributed by atoms with Gasteiger partial charge in [-0.15, -0.1) is 0 Å². The first-order valence-electron chi connectivity index (χ1n) is 9.77. The molecule has 0 radical (unpaired) electrons. The Bertz CT molecular complexity index is 937. The van der Waals surface area contributed by atoms with Gasteiger partial charge in [-0.05, 0) is 48.7 Å². The Labute approximate surface area is 170 Å². The van der Waals surface area contributed by atoms with Crippen LogP contribution in [0.1, 0.15) is 25.8 Å². The Morgan fingerprint density at radius 1 is 1.14 bits per heavy atom. The van der Waals surface area contributed by atoms with Gasteiger partial charge < -0.3 is 10.4 Å². The Hall–Kier alpha value is -2.99. The van der Waals surface area contributed by atoms with Crippen molar-refractivity contribution in [1.29, 1.82) is 0 Å². The van der Waals surface area contributed by atoms with Crippen molar-refractivity contribution in [3.8, 4) is 16.9 Å². The molecule has 3 aromatic rings. The van der Waals surface area contributed by atoms with Gasteiger partial charge in [0.1, 0.15) is 5.82 Å². The molecular weight excluding hydrogens is 369 g/mol. The number of aliphatic carboxylic acids is 1. The van der Waals surface area contributed by atoms with Crippen LogP contribution >= 0.6 is 0 Å². The van der Waals surface area contributed by atoms with Crippen LogP contribution in [0.15, 0.2) is 60.8 Å². The molecule has 1 heterocycles. The van der Waals surface area contributed by atoms with E-state index in [0.29, 0.717) is 25.4 Å². The average molecular weight is 395 g/mol. The van der Waals surface area contributed by atoms with Crippen molar-refractivity contribution in [1.82, 2.24) is 15.1 Å². The highest BCUT2D eigenvalue weighted by molar-refractivity contribution is 5.70. The van der Waals surface area contributed by atoms with Crippen LogP contribution in [0.3, 0.4) is 0 Å². The van der Waals surface area contributed by atoms with Crippen LogP contribution < -0.4 is 5.32 Å². The maximum atomic E-state index is 13.4. The van der Waals surface area contributed by atoms with E-state index in [1.54, 1.807) is 16.8 Å². The van der Waals surface area contributed by atoms with Crippen molar-refractivity contribution in [2.75, 3.05) is 6.54 Å². The number of aromatic nitrogens is 2. The van der Waals surface area contributed by atoms with Gasteiger partial charge in [0.15, 0.2) is 0 Å². The number of carboxylic acid groups (broad SMARTS) is 1. The second kappa shape index (κ2) is 9.47. The molecule has 0 bridgehead atoms. The SMILES string of the molecule is CC(C)CC(CNCc1cn(-c2ccccc2)nc1-c1ccc(F)cc1)C(=O)O. The van der Waals surface area contributed by atoms with Gasteiger partial charge in [-0.3, -0.25) is 4.79 Å². The predicted octanol–water partition coefficient (Wildman–Crippen LogP) is 4.51. The molecular formula is C23H26FN3O2. The van der Waals surface area contributed by atoms with E-state index in [1.807, 2.05) is 50.4 Å². The summed E-state index contributed by atoms with van der Waals surface area (Å²) < 4.78 is 15.1. The summed E-state index contributed by atoms with van der Waals surface area (Å²) in [4.78, 5) is 11.5. The third-order valence-electron chi connectivity index (χ3n) is 4.74. The average Bonchev–Trinajstić information content (AvgIpc) is 3.12. The molecule has 0 spiro atoms. The summed E-state index contributed by atoms with van der Waals surface area (Å²) in [5.74, 6) is -1.21. The number of nitrogens with zero attached hydrogens (tertiary/aromatic N) is 2. The molecule has 2 aromatic carbocycles. The summed E-state index contributed by atoms with van der Waals surface area (Å²) in [6, 6.07) is 16.0. The second-order valence-electron chi connectivity index (χ2n) is 7.59. The molecule has 3 rings (SSSR count). The van der Waals surface area contributed by atoms with E-state index in [9.17, 15) is 14.3 Å². The first kappa shape index (κ1) is 20.7. The lowest BCUT2D eigenvalue weighted by Crippen LogP contribution is -2.29. The number of halogens is 1. The third kappa shape index (κ3) is 5.51. The van der Waals surface area contributed by atoms with Crippen LogP contribution in [-0.4, -0.2) is 27.4 Å². The van der Waals surface area contributed by atoms with Crippen LogP contribution in [-0.2, 0) is 11.3 Å². The van der Waals surface area contributed by atoms with E-state index in [2.05, 4.69) is 5.32 Å². The zero-order valence-corrected chi connectivity index (χ0v) is 16.7. The number of carbonyl (C=O) groups is 1. The molecule has 1 aromatic heterocycles. The summed E-state index contributed by atoms with van der Waals surface area (Å²) in [6.45, 7) is 4.90. The zero-order chi connectivity index (χ0) is 20.8. The van der Waals surface area contributed by atoms with E-state index < -0.39 is 11.9 Å². The predicted molar refractivity (Wildman–Crippen MR) is 111 cm³/mol. The highest BCUT2D eigenvalue weighted by atomic mass is 19.1. The van der Waals surface area contributed by atoms with Gasteiger partial charge in [-0.2, -0.15) is 5.10 Å². The normalized spacial score (nSPS) is 12.3. The first-order valence-corrected chi connectivity index (χ1v) is 9.77. The summed E-state index contributed by atoms with van der Waals surface area (Å²) in [5, 5.41) is 17.4. The number of benzene rings is 2. The summed E-state index contributed by atoms with van der Waals surface area (Å²) >= 11 is 0. The minimum atomic E-state index is -0.787. The van der Waals surface area contributed by atoms with Gasteiger partial charge in [-0.25, -0.2) is 9.07 Å². The molecule has 1 atom stereocenters. The Morgan fingerprint density at radius 2 is 1.83 bits per heavy atom. The molecule has 6 heteroatoms. The number of rotatable bonds is 9. The molecule has 5 nitrogen and oxygen atoms in total. The quantitative estimate of drug-likeness (QED) is 0.559. The molecule has 0 saturated heterocycles. The van der Waals surface area contributed by atoms with Crippen molar-refractivity contribution in [3.05, 3.63) is 72.2 Å². The van der Waals surface area contributed by atoms with Gasteiger partial charge >= 0.3 is 5.97 Å². The zero-order valence-electron chi connectivity index (χ0n) is 16.7. The number of hydrogen-bond donors (Lipinski definition) is 2. The number of hydrogen-bond acceptors (Lipinski definition) is 3. The molecule has 2 N–H and O–H groups in total. The van der Waals surface area contributed by atoms with Crippen LogP contribution in [0.5, 0.6) is 0 Å². The monoisotopic (exact) mass is 395 g/mol. The van der Waals surface area contributed by atoms with Gasteiger partial charge in [0.05, 0.1) is 17.3 Å². The van der Waals surface area contributed by atoms with Crippen LogP contribution in [0.4, 0.5) is 4.39 Å². The maximum absolute atomic E-state index is 13.4. The van der Waals surface area contributed by atoms with Crippen LogP contribution in [0.25, 0.3) is 16.9 Å². The molecule has 0 fully saturated rings. The maximum Gasteiger partial charge on any atom is 0.307 e. The van der Waals surface area contributed by atoms with E-state index >= 15 is 0 Å². The molecule has 152 valence electrons. The fraction of sp³-hybridized carbons (Fsp3) is 0.304. The summed E-state index contributed by atoms with van der Waals surface area (Å²) in [6.07, 6.45) is 2.55. The summed E-state index contributed by atoms with van der Waals surface area (Å²) in [5.41, 5.74) is 3.41. The lowest BCUT2D eigenvalue weighted by molar-refractivity contribution is -0.142. The van der Waals surface area contributed by atoms with E-state index in [1.165, 1.54) is 12.1 Å². The fourth-order valence-electron chi connectivity index (χ4n) is 3.32. The van der Waals surface area contributed by atoms with Crippen molar-refractivity contribution < 1.29 is 14.3 Å². The second-order valence-corrected chi connectivity index (χ2v) is 7.59. The van der Waals surface area contributed by atoms with Crippen molar-refractivity contribution in [3.63, 3.8) is 0 Å². The highest BCUT2D eigenvalue weighted by Gasteiger charge is 2.19. The van der Waals surface area contributed by atoms with Gasteiger partial charge in [-0.1, -0.05) is 32.0 Å². The number of para-hydroxylation sites is 1. The van der Waals surface area contributed by atoms with E-state index in [-0.39, 0.29) is 5.82 Å². The smallest absolute Gasteiger partial charge is 0.307 e. The number of nitrogens with one attached hydrogen (secondary N) is 1. The molecule has 0 aliphatic heterocycles. The van der Waals surface area contributed by atoms with Crippen molar-refractivity contribution in [2.24, 2.45) is 11.8 Å². The minimum Gasteiger partial charge on any atom is -0.481 e. The third-order valence-corrected chi connectivity index (χ3v) is 4.74. The fourth-order valence-corrected chi connectivity index (χ4v) is 3.32. The largest absolute Gasteiger partial charge is 0.481 e. The lowest BCUT2D eigenvalue weighted by atomic mass is 9.97.